The Labute approximate surface area is 152 Å². The normalized spacial score (nSPS) is 9.96. The Bertz CT molecular complexity index is 963. The molecule has 0 spiro atoms. The van der Waals surface area contributed by atoms with Crippen LogP contribution in [0.25, 0.3) is 0 Å². The highest BCUT2D eigenvalue weighted by molar-refractivity contribution is 6.11. The summed E-state index contributed by atoms with van der Waals surface area (Å²) in [6.07, 6.45) is 3.11. The van der Waals surface area contributed by atoms with Gasteiger partial charge in [0, 0.05) is 23.1 Å². The quantitative estimate of drug-likeness (QED) is 0.577. The summed E-state index contributed by atoms with van der Waals surface area (Å²) < 4.78 is 0. The van der Waals surface area contributed by atoms with Gasteiger partial charge < -0.3 is 16.5 Å². The molecule has 6 heteroatoms. The number of aromatic nitrogens is 1. The summed E-state index contributed by atoms with van der Waals surface area (Å²) in [6.45, 7) is 7.35. The molecule has 1 aromatic carbocycles. The van der Waals surface area contributed by atoms with Gasteiger partial charge in [0.25, 0.3) is 5.91 Å². The van der Waals surface area contributed by atoms with Gasteiger partial charge >= 0.3 is 0 Å². The first kappa shape index (κ1) is 18.9. The lowest BCUT2D eigenvalue weighted by atomic mass is 10.0. The van der Waals surface area contributed by atoms with E-state index in [1.165, 1.54) is 6.20 Å². The molecule has 0 aliphatic rings. The minimum Gasteiger partial charge on any atom is -0.398 e. The van der Waals surface area contributed by atoms with Gasteiger partial charge in [-0.25, -0.2) is 4.98 Å². The van der Waals surface area contributed by atoms with Gasteiger partial charge in [-0.2, -0.15) is 5.26 Å². The first-order valence-electron chi connectivity index (χ1n) is 8.05. The van der Waals surface area contributed by atoms with Crippen molar-refractivity contribution in [2.45, 2.75) is 27.7 Å². The third-order valence-electron chi connectivity index (χ3n) is 4.01. The van der Waals surface area contributed by atoms with E-state index in [0.717, 1.165) is 11.1 Å². The number of nitrogen functional groups attached to an aromatic ring is 1. The van der Waals surface area contributed by atoms with Crippen LogP contribution >= 0.6 is 0 Å². The Hall–Kier alpha value is -3.46. The standard InChI is InChI=1S/C20H21N5O/c1-11(2)7-18(23)16-8-15(5-6-17(16)22)25-20(26)19-13(4)12(3)14(9-21)10-24-19/h5-8,10,23H,22H2,1-4H3,(H,25,26). The molecule has 1 heterocycles. The Morgan fingerprint density at radius 1 is 1.31 bits per heavy atom. The maximum Gasteiger partial charge on any atom is 0.274 e. The minimum absolute atomic E-state index is 0.263. The van der Waals surface area contributed by atoms with E-state index in [1.807, 2.05) is 13.8 Å². The maximum atomic E-state index is 12.6. The van der Waals surface area contributed by atoms with E-state index in [9.17, 15) is 4.79 Å². The molecule has 132 valence electrons. The van der Waals surface area contributed by atoms with Crippen molar-refractivity contribution in [3.8, 4) is 6.07 Å². The van der Waals surface area contributed by atoms with E-state index in [4.69, 9.17) is 16.4 Å². The van der Waals surface area contributed by atoms with Crippen molar-refractivity contribution in [2.75, 3.05) is 11.1 Å². The number of hydrogen-bond donors (Lipinski definition) is 3. The Kier molecular flexibility index (Phi) is 5.53. The number of carbonyl (C=O) groups is 1. The van der Waals surface area contributed by atoms with Gasteiger partial charge in [0.05, 0.1) is 11.3 Å². The zero-order valence-electron chi connectivity index (χ0n) is 15.3. The molecule has 0 aliphatic carbocycles. The second kappa shape index (κ2) is 7.62. The Morgan fingerprint density at radius 3 is 2.62 bits per heavy atom. The first-order chi connectivity index (χ1) is 12.2. The van der Waals surface area contributed by atoms with Gasteiger partial charge in [0.1, 0.15) is 11.8 Å². The van der Waals surface area contributed by atoms with E-state index in [-0.39, 0.29) is 17.3 Å². The van der Waals surface area contributed by atoms with Crippen molar-refractivity contribution in [1.29, 1.82) is 10.7 Å². The molecule has 26 heavy (non-hydrogen) atoms. The lowest BCUT2D eigenvalue weighted by molar-refractivity contribution is 0.102. The van der Waals surface area contributed by atoms with Crippen LogP contribution in [0.15, 0.2) is 36.0 Å². The van der Waals surface area contributed by atoms with Crippen LogP contribution in [0.2, 0.25) is 0 Å². The Balaban J connectivity index is 2.34. The number of nitrogens with two attached hydrogens (primary N) is 1. The van der Waals surface area contributed by atoms with E-state index >= 15 is 0 Å². The number of carbonyl (C=O) groups excluding carboxylic acids is 1. The maximum absolute atomic E-state index is 12.6. The topological polar surface area (TPSA) is 116 Å². The number of anilines is 2. The smallest absolute Gasteiger partial charge is 0.274 e. The fourth-order valence-corrected chi connectivity index (χ4v) is 2.47. The summed E-state index contributed by atoms with van der Waals surface area (Å²) in [5, 5.41) is 20.0. The zero-order chi connectivity index (χ0) is 19.4. The number of hydrogen-bond acceptors (Lipinski definition) is 5. The molecule has 0 radical (unpaired) electrons. The van der Waals surface area contributed by atoms with Crippen LogP contribution in [0, 0.1) is 30.6 Å². The molecule has 0 aliphatic heterocycles. The summed E-state index contributed by atoms with van der Waals surface area (Å²) in [4.78, 5) is 16.7. The molecule has 0 saturated carbocycles. The molecule has 2 rings (SSSR count). The molecule has 6 nitrogen and oxygen atoms in total. The summed E-state index contributed by atoms with van der Waals surface area (Å²) >= 11 is 0. The third kappa shape index (κ3) is 3.95. The van der Waals surface area contributed by atoms with Gasteiger partial charge in [-0.15, -0.1) is 0 Å². The molecule has 1 amide bonds. The van der Waals surface area contributed by atoms with E-state index < -0.39 is 0 Å². The summed E-state index contributed by atoms with van der Waals surface area (Å²) in [7, 11) is 0. The number of benzene rings is 1. The molecule has 1 aromatic heterocycles. The number of nitrogens with zero attached hydrogens (tertiary/aromatic N) is 2. The first-order valence-corrected chi connectivity index (χ1v) is 8.05. The molecule has 0 fully saturated rings. The number of rotatable bonds is 4. The van der Waals surface area contributed by atoms with Crippen molar-refractivity contribution in [2.24, 2.45) is 0 Å². The van der Waals surface area contributed by atoms with Crippen LogP contribution in [0.5, 0.6) is 0 Å². The number of nitriles is 1. The average Bonchev–Trinajstić information content (AvgIpc) is 2.58. The average molecular weight is 347 g/mol. The predicted molar refractivity (Wildman–Crippen MR) is 103 cm³/mol. The lowest BCUT2D eigenvalue weighted by Gasteiger charge is -2.12. The predicted octanol–water partition coefficient (Wildman–Crippen LogP) is 3.74. The summed E-state index contributed by atoms with van der Waals surface area (Å²) in [5.41, 5.74) is 10.9. The minimum atomic E-state index is -0.375. The number of nitrogens with one attached hydrogen (secondary N) is 2. The summed E-state index contributed by atoms with van der Waals surface area (Å²) in [5.74, 6) is -0.375. The van der Waals surface area contributed by atoms with E-state index in [2.05, 4.69) is 16.4 Å². The van der Waals surface area contributed by atoms with Crippen LogP contribution in [0.3, 0.4) is 0 Å². The number of allylic oxidation sites excluding steroid dienone is 2. The van der Waals surface area contributed by atoms with Crippen molar-refractivity contribution < 1.29 is 4.79 Å². The lowest BCUT2D eigenvalue weighted by Crippen LogP contribution is -2.17. The molecular formula is C20H21N5O. The molecule has 2 aromatic rings. The third-order valence-corrected chi connectivity index (χ3v) is 4.01. The molecule has 4 N–H and O–H groups in total. The fourth-order valence-electron chi connectivity index (χ4n) is 2.47. The highest BCUT2D eigenvalue weighted by Crippen LogP contribution is 2.21. The number of pyridine rings is 1. The molecule has 0 saturated heterocycles. The van der Waals surface area contributed by atoms with E-state index in [1.54, 1.807) is 38.1 Å². The second-order valence-corrected chi connectivity index (χ2v) is 6.27. The fraction of sp³-hybridized carbons (Fsp3) is 0.200. The SMILES string of the molecule is CC(C)=CC(=N)c1cc(NC(=O)c2ncc(C#N)c(C)c2C)ccc1N. The summed E-state index contributed by atoms with van der Waals surface area (Å²) in [6, 6.07) is 7.06. The molecule has 0 atom stereocenters. The van der Waals surface area contributed by atoms with E-state index in [0.29, 0.717) is 28.1 Å². The van der Waals surface area contributed by atoms with Crippen molar-refractivity contribution in [3.05, 3.63) is 64.0 Å². The highest BCUT2D eigenvalue weighted by Gasteiger charge is 2.15. The van der Waals surface area contributed by atoms with Crippen LogP contribution in [0.4, 0.5) is 11.4 Å². The van der Waals surface area contributed by atoms with Crippen LogP contribution < -0.4 is 11.1 Å². The zero-order valence-corrected chi connectivity index (χ0v) is 15.3. The number of amides is 1. The monoisotopic (exact) mass is 347 g/mol. The largest absolute Gasteiger partial charge is 0.398 e. The Morgan fingerprint density at radius 2 is 2.00 bits per heavy atom. The van der Waals surface area contributed by atoms with Crippen molar-refractivity contribution in [3.63, 3.8) is 0 Å². The van der Waals surface area contributed by atoms with Gasteiger partial charge in [0.15, 0.2) is 0 Å². The van der Waals surface area contributed by atoms with Crippen LogP contribution in [-0.4, -0.2) is 16.6 Å². The van der Waals surface area contributed by atoms with Crippen LogP contribution in [0.1, 0.15) is 46.6 Å². The van der Waals surface area contributed by atoms with Gasteiger partial charge in [0.2, 0.25) is 0 Å². The van der Waals surface area contributed by atoms with Crippen molar-refractivity contribution >= 4 is 23.0 Å². The van der Waals surface area contributed by atoms with Gasteiger partial charge in [-0.3, -0.25) is 4.79 Å². The van der Waals surface area contributed by atoms with Crippen LogP contribution in [-0.2, 0) is 0 Å². The molecular weight excluding hydrogens is 326 g/mol. The van der Waals surface area contributed by atoms with Gasteiger partial charge in [-0.1, -0.05) is 5.57 Å². The van der Waals surface area contributed by atoms with Gasteiger partial charge in [-0.05, 0) is 63.1 Å². The van der Waals surface area contributed by atoms with Crippen molar-refractivity contribution in [1.82, 2.24) is 4.98 Å². The highest BCUT2D eigenvalue weighted by atomic mass is 16.1. The molecule has 0 unspecified atom stereocenters. The molecule has 0 bridgehead atoms. The second-order valence-electron chi connectivity index (χ2n) is 6.27.